The SMILES string of the molecule is C/C(=C\CCl)COc1ccccc1. The van der Waals surface area contributed by atoms with E-state index in [1.807, 2.05) is 43.3 Å². The van der Waals surface area contributed by atoms with Crippen LogP contribution < -0.4 is 4.74 Å². The molecule has 0 saturated carbocycles. The number of ether oxygens (including phenoxy) is 1. The molecule has 0 amide bonds. The molecule has 13 heavy (non-hydrogen) atoms. The molecule has 0 bridgehead atoms. The maximum atomic E-state index is 5.55. The smallest absolute Gasteiger partial charge is 0.119 e. The van der Waals surface area contributed by atoms with E-state index < -0.39 is 0 Å². The predicted molar refractivity (Wildman–Crippen MR) is 56.4 cm³/mol. The molecule has 1 nitrogen and oxygen atoms in total. The van der Waals surface area contributed by atoms with Crippen LogP contribution in [0.4, 0.5) is 0 Å². The third-order valence-electron chi connectivity index (χ3n) is 1.64. The molecule has 0 unspecified atom stereocenters. The van der Waals surface area contributed by atoms with Gasteiger partial charge in [-0.15, -0.1) is 11.6 Å². The van der Waals surface area contributed by atoms with E-state index in [1.54, 1.807) is 0 Å². The molecule has 0 atom stereocenters. The lowest BCUT2D eigenvalue weighted by Crippen LogP contribution is -1.98. The molecule has 0 N–H and O–H groups in total. The number of rotatable bonds is 4. The molecule has 0 aliphatic carbocycles. The van der Waals surface area contributed by atoms with Crippen molar-refractivity contribution in [2.75, 3.05) is 12.5 Å². The van der Waals surface area contributed by atoms with Gasteiger partial charge in [-0.3, -0.25) is 0 Å². The van der Waals surface area contributed by atoms with Gasteiger partial charge in [-0.1, -0.05) is 24.3 Å². The summed E-state index contributed by atoms with van der Waals surface area (Å²) in [6.07, 6.45) is 1.95. The molecule has 0 spiro atoms. The number of hydrogen-bond donors (Lipinski definition) is 0. The Morgan fingerprint density at radius 2 is 2.08 bits per heavy atom. The van der Waals surface area contributed by atoms with E-state index in [4.69, 9.17) is 16.3 Å². The second kappa shape index (κ2) is 5.65. The Morgan fingerprint density at radius 1 is 1.38 bits per heavy atom. The highest BCUT2D eigenvalue weighted by atomic mass is 35.5. The van der Waals surface area contributed by atoms with Gasteiger partial charge in [0.25, 0.3) is 0 Å². The van der Waals surface area contributed by atoms with Gasteiger partial charge in [0.1, 0.15) is 12.4 Å². The van der Waals surface area contributed by atoms with Gasteiger partial charge in [0, 0.05) is 5.88 Å². The average Bonchev–Trinajstić information content (AvgIpc) is 2.17. The van der Waals surface area contributed by atoms with E-state index in [0.717, 1.165) is 11.3 Å². The minimum absolute atomic E-state index is 0.546. The molecule has 2 heteroatoms. The van der Waals surface area contributed by atoms with E-state index >= 15 is 0 Å². The lowest BCUT2D eigenvalue weighted by atomic mass is 10.3. The van der Waals surface area contributed by atoms with Crippen LogP contribution >= 0.6 is 11.6 Å². The average molecular weight is 197 g/mol. The molecule has 0 fully saturated rings. The Labute approximate surface area is 84.0 Å². The predicted octanol–water partition coefficient (Wildman–Crippen LogP) is 3.25. The van der Waals surface area contributed by atoms with E-state index in [9.17, 15) is 0 Å². The largest absolute Gasteiger partial charge is 0.489 e. The molecule has 70 valence electrons. The number of hydrogen-bond acceptors (Lipinski definition) is 1. The Hall–Kier alpha value is -0.950. The molecule has 0 heterocycles. The van der Waals surface area contributed by atoms with Crippen molar-refractivity contribution in [1.82, 2.24) is 0 Å². The summed E-state index contributed by atoms with van der Waals surface area (Å²) in [5.41, 5.74) is 1.15. The Balaban J connectivity index is 2.39. The van der Waals surface area contributed by atoms with Crippen LogP contribution in [0.25, 0.3) is 0 Å². The Bertz CT molecular complexity index is 267. The van der Waals surface area contributed by atoms with Gasteiger partial charge < -0.3 is 4.74 Å². The van der Waals surface area contributed by atoms with Crippen LogP contribution in [0.15, 0.2) is 42.0 Å². The molecule has 1 aromatic carbocycles. The van der Waals surface area contributed by atoms with Gasteiger partial charge in [0.15, 0.2) is 0 Å². The Kier molecular flexibility index (Phi) is 4.41. The van der Waals surface area contributed by atoms with Crippen molar-refractivity contribution in [2.24, 2.45) is 0 Å². The molecule has 0 radical (unpaired) electrons. The minimum atomic E-state index is 0.546. The van der Waals surface area contributed by atoms with Crippen molar-refractivity contribution in [2.45, 2.75) is 6.92 Å². The van der Waals surface area contributed by atoms with Crippen molar-refractivity contribution in [3.63, 3.8) is 0 Å². The van der Waals surface area contributed by atoms with Gasteiger partial charge in [0.2, 0.25) is 0 Å². The normalized spacial score (nSPS) is 11.4. The second-order valence-electron chi connectivity index (χ2n) is 2.81. The number of alkyl halides is 1. The highest BCUT2D eigenvalue weighted by molar-refractivity contribution is 6.18. The summed E-state index contributed by atoms with van der Waals surface area (Å²) in [4.78, 5) is 0. The van der Waals surface area contributed by atoms with Crippen LogP contribution in [0.5, 0.6) is 5.75 Å². The molecule has 0 aromatic heterocycles. The number of halogens is 1. The van der Waals surface area contributed by atoms with Crippen LogP contribution in [-0.4, -0.2) is 12.5 Å². The summed E-state index contributed by atoms with van der Waals surface area (Å²) < 4.78 is 5.49. The first kappa shape index (κ1) is 10.1. The third kappa shape index (κ3) is 4.00. The van der Waals surface area contributed by atoms with Crippen molar-refractivity contribution in [1.29, 1.82) is 0 Å². The third-order valence-corrected chi connectivity index (χ3v) is 1.79. The Morgan fingerprint density at radius 3 is 2.69 bits per heavy atom. The van der Waals surface area contributed by atoms with Crippen molar-refractivity contribution < 1.29 is 4.74 Å². The molecule has 0 aliphatic heterocycles. The van der Waals surface area contributed by atoms with E-state index in [0.29, 0.717) is 12.5 Å². The first-order chi connectivity index (χ1) is 6.33. The number of benzene rings is 1. The monoisotopic (exact) mass is 196 g/mol. The first-order valence-corrected chi connectivity index (χ1v) is 4.76. The second-order valence-corrected chi connectivity index (χ2v) is 3.12. The topological polar surface area (TPSA) is 9.23 Å². The van der Waals surface area contributed by atoms with Gasteiger partial charge in [0.05, 0.1) is 0 Å². The molecule has 1 rings (SSSR count). The van der Waals surface area contributed by atoms with Gasteiger partial charge >= 0.3 is 0 Å². The van der Waals surface area contributed by atoms with Crippen LogP contribution in [0.2, 0.25) is 0 Å². The van der Waals surface area contributed by atoms with E-state index in [1.165, 1.54) is 0 Å². The molecule has 1 aromatic rings. The maximum absolute atomic E-state index is 5.55. The molecular weight excluding hydrogens is 184 g/mol. The first-order valence-electron chi connectivity index (χ1n) is 4.22. The lowest BCUT2D eigenvalue weighted by Gasteiger charge is -2.05. The highest BCUT2D eigenvalue weighted by Crippen LogP contribution is 2.09. The summed E-state index contributed by atoms with van der Waals surface area (Å²) in [6, 6.07) is 9.75. The summed E-state index contributed by atoms with van der Waals surface area (Å²) in [5.74, 6) is 1.44. The fourth-order valence-corrected chi connectivity index (χ4v) is 1.17. The fourth-order valence-electron chi connectivity index (χ4n) is 0.905. The van der Waals surface area contributed by atoms with Crippen LogP contribution in [0.3, 0.4) is 0 Å². The van der Waals surface area contributed by atoms with Crippen molar-refractivity contribution in [3.8, 4) is 5.75 Å². The minimum Gasteiger partial charge on any atom is -0.489 e. The summed E-state index contributed by atoms with van der Waals surface area (Å²) in [7, 11) is 0. The highest BCUT2D eigenvalue weighted by Gasteiger charge is 1.91. The lowest BCUT2D eigenvalue weighted by molar-refractivity contribution is 0.352. The molecule has 0 aliphatic rings. The standard InChI is InChI=1S/C11H13ClO/c1-10(7-8-12)9-13-11-5-3-2-4-6-11/h2-7H,8-9H2,1H3/b10-7+. The van der Waals surface area contributed by atoms with Crippen LogP contribution in [-0.2, 0) is 0 Å². The van der Waals surface area contributed by atoms with Crippen LogP contribution in [0.1, 0.15) is 6.92 Å². The van der Waals surface area contributed by atoms with E-state index in [-0.39, 0.29) is 0 Å². The molecule has 0 saturated heterocycles. The van der Waals surface area contributed by atoms with Crippen molar-refractivity contribution in [3.05, 3.63) is 42.0 Å². The quantitative estimate of drug-likeness (QED) is 0.531. The van der Waals surface area contributed by atoms with Gasteiger partial charge in [-0.2, -0.15) is 0 Å². The fraction of sp³-hybridized carbons (Fsp3) is 0.273. The summed E-state index contributed by atoms with van der Waals surface area (Å²) >= 11 is 5.55. The maximum Gasteiger partial charge on any atom is 0.119 e. The van der Waals surface area contributed by atoms with E-state index in [2.05, 4.69) is 0 Å². The summed E-state index contributed by atoms with van der Waals surface area (Å²) in [6.45, 7) is 2.61. The van der Waals surface area contributed by atoms with Gasteiger partial charge in [-0.25, -0.2) is 0 Å². The zero-order chi connectivity index (χ0) is 9.52. The number of allylic oxidation sites excluding steroid dienone is 1. The molecular formula is C11H13ClO. The van der Waals surface area contributed by atoms with Crippen molar-refractivity contribution >= 4 is 11.6 Å². The number of para-hydroxylation sites is 1. The summed E-state index contributed by atoms with van der Waals surface area (Å²) in [5, 5.41) is 0. The zero-order valence-electron chi connectivity index (χ0n) is 7.66. The van der Waals surface area contributed by atoms with Crippen LogP contribution in [0, 0.1) is 0 Å². The van der Waals surface area contributed by atoms with Gasteiger partial charge in [-0.05, 0) is 24.6 Å². The zero-order valence-corrected chi connectivity index (χ0v) is 8.42.